The molecular weight excluding hydrogens is 348 g/mol. The van der Waals surface area contributed by atoms with E-state index in [1.165, 1.54) is 5.56 Å². The van der Waals surface area contributed by atoms with Crippen molar-refractivity contribution in [1.29, 1.82) is 0 Å². The van der Waals surface area contributed by atoms with Gasteiger partial charge in [0.1, 0.15) is 5.75 Å². The van der Waals surface area contributed by atoms with Crippen LogP contribution in [0.15, 0.2) is 59.4 Å². The molecule has 28 heavy (non-hydrogen) atoms. The Hall–Kier alpha value is -3.11. The summed E-state index contributed by atoms with van der Waals surface area (Å²) >= 11 is 0. The normalized spacial score (nSPS) is 12.4. The molecule has 0 spiro atoms. The lowest BCUT2D eigenvalue weighted by Gasteiger charge is -2.17. The van der Waals surface area contributed by atoms with E-state index in [-0.39, 0.29) is 5.56 Å². The number of aryl methyl sites for hydroxylation is 1. The van der Waals surface area contributed by atoms with E-state index in [0.717, 1.165) is 38.7 Å². The molecule has 0 amide bonds. The van der Waals surface area contributed by atoms with Crippen LogP contribution in [-0.2, 0) is 0 Å². The van der Waals surface area contributed by atoms with Crippen molar-refractivity contribution in [2.24, 2.45) is 5.73 Å². The molecular formula is C24H24N2O2. The smallest absolute Gasteiger partial charge is 0.256 e. The molecule has 142 valence electrons. The molecule has 0 saturated carbocycles. The van der Waals surface area contributed by atoms with Crippen LogP contribution < -0.4 is 16.0 Å². The maximum Gasteiger partial charge on any atom is 0.256 e. The zero-order valence-electron chi connectivity index (χ0n) is 16.4. The van der Waals surface area contributed by atoms with Crippen LogP contribution in [-0.4, -0.2) is 18.6 Å². The number of pyridine rings is 1. The number of aromatic nitrogens is 1. The molecule has 4 aromatic rings. The van der Waals surface area contributed by atoms with Crippen molar-refractivity contribution >= 4 is 21.7 Å². The first-order chi connectivity index (χ1) is 13.5. The van der Waals surface area contributed by atoms with Gasteiger partial charge in [0.2, 0.25) is 0 Å². The van der Waals surface area contributed by atoms with Crippen molar-refractivity contribution in [2.45, 2.75) is 19.8 Å². The molecule has 0 unspecified atom stereocenters. The predicted molar refractivity (Wildman–Crippen MR) is 116 cm³/mol. The van der Waals surface area contributed by atoms with E-state index in [9.17, 15) is 4.79 Å². The van der Waals surface area contributed by atoms with Crippen molar-refractivity contribution in [3.05, 3.63) is 76.1 Å². The summed E-state index contributed by atoms with van der Waals surface area (Å²) < 4.78 is 5.75. The van der Waals surface area contributed by atoms with E-state index in [4.69, 9.17) is 10.5 Å². The number of rotatable bonds is 4. The third-order valence-electron chi connectivity index (χ3n) is 5.51. The molecule has 1 heterocycles. The summed E-state index contributed by atoms with van der Waals surface area (Å²) in [4.78, 5) is 15.7. The van der Waals surface area contributed by atoms with Gasteiger partial charge >= 0.3 is 0 Å². The number of nitrogens with two attached hydrogens (primary N) is 1. The summed E-state index contributed by atoms with van der Waals surface area (Å²) in [5, 5.41) is 2.61. The Bertz CT molecular complexity index is 1220. The fourth-order valence-electron chi connectivity index (χ4n) is 3.86. The van der Waals surface area contributed by atoms with Crippen molar-refractivity contribution in [1.82, 2.24) is 4.98 Å². The van der Waals surface area contributed by atoms with Gasteiger partial charge in [-0.25, -0.2) is 0 Å². The Labute approximate surface area is 164 Å². The monoisotopic (exact) mass is 372 g/mol. The summed E-state index contributed by atoms with van der Waals surface area (Å²) in [7, 11) is 1.68. The lowest BCUT2D eigenvalue weighted by atomic mass is 9.92. The zero-order valence-corrected chi connectivity index (χ0v) is 16.4. The molecule has 3 aromatic carbocycles. The molecule has 0 fully saturated rings. The van der Waals surface area contributed by atoms with E-state index in [1.54, 1.807) is 7.11 Å². The lowest BCUT2D eigenvalue weighted by molar-refractivity contribution is 0.416. The van der Waals surface area contributed by atoms with Crippen molar-refractivity contribution < 1.29 is 4.74 Å². The van der Waals surface area contributed by atoms with Crippen LogP contribution in [0.25, 0.3) is 32.8 Å². The van der Waals surface area contributed by atoms with Crippen LogP contribution in [0.5, 0.6) is 5.75 Å². The largest absolute Gasteiger partial charge is 0.496 e. The van der Waals surface area contributed by atoms with E-state index >= 15 is 0 Å². The lowest BCUT2D eigenvalue weighted by Crippen LogP contribution is -2.09. The number of fused-ring (bicyclic) bond motifs is 3. The van der Waals surface area contributed by atoms with Gasteiger partial charge in [0.25, 0.3) is 5.56 Å². The average Bonchev–Trinajstić information content (AvgIpc) is 2.74. The summed E-state index contributed by atoms with van der Waals surface area (Å²) in [5.74, 6) is 1.10. The summed E-state index contributed by atoms with van der Waals surface area (Å²) in [6.45, 7) is 4.72. The Morgan fingerprint density at radius 2 is 1.75 bits per heavy atom. The first-order valence-electron chi connectivity index (χ1n) is 9.48. The highest BCUT2D eigenvalue weighted by molar-refractivity contribution is 6.14. The minimum atomic E-state index is -0.0746. The highest BCUT2D eigenvalue weighted by Crippen LogP contribution is 2.41. The molecule has 4 heteroatoms. The maximum absolute atomic E-state index is 12.6. The highest BCUT2D eigenvalue weighted by atomic mass is 16.5. The van der Waals surface area contributed by atoms with Gasteiger partial charge in [0, 0.05) is 16.3 Å². The molecule has 0 saturated heterocycles. The predicted octanol–water partition coefficient (Wildman–Crippen LogP) is 4.73. The average molecular weight is 372 g/mol. The molecule has 0 aliphatic heterocycles. The van der Waals surface area contributed by atoms with Crippen LogP contribution in [0.2, 0.25) is 0 Å². The third kappa shape index (κ3) is 2.86. The number of nitrogens with one attached hydrogen (secondary N) is 1. The minimum Gasteiger partial charge on any atom is -0.496 e. The Morgan fingerprint density at radius 3 is 2.39 bits per heavy atom. The third-order valence-corrected chi connectivity index (χ3v) is 5.51. The first kappa shape index (κ1) is 18.3. The molecule has 0 aliphatic rings. The molecule has 4 rings (SSSR count). The van der Waals surface area contributed by atoms with Crippen molar-refractivity contribution in [3.63, 3.8) is 0 Å². The van der Waals surface area contributed by atoms with E-state index < -0.39 is 0 Å². The van der Waals surface area contributed by atoms with Crippen molar-refractivity contribution in [3.8, 4) is 16.9 Å². The van der Waals surface area contributed by atoms with Gasteiger partial charge in [0.05, 0.1) is 12.6 Å². The molecule has 1 aromatic heterocycles. The second-order valence-corrected chi connectivity index (χ2v) is 7.28. The van der Waals surface area contributed by atoms with Gasteiger partial charge < -0.3 is 15.5 Å². The molecule has 0 aliphatic carbocycles. The standard InChI is InChI=1S/C24H24N2O2/c1-14-12-20(28-3)21(17-10-8-16(9-11-17)15(2)13-25)22-18-6-4-5-7-19(18)24(27)26-23(14)22/h4-12,15H,13,25H2,1-3H3,(H,26,27)/t15-/m0/s1. The number of aromatic amines is 1. The Morgan fingerprint density at radius 1 is 1.07 bits per heavy atom. The number of benzene rings is 3. The quantitative estimate of drug-likeness (QED) is 0.509. The summed E-state index contributed by atoms with van der Waals surface area (Å²) in [5.41, 5.74) is 10.8. The van der Waals surface area contributed by atoms with E-state index in [1.807, 2.05) is 37.3 Å². The number of hydrogen-bond donors (Lipinski definition) is 2. The van der Waals surface area contributed by atoms with Crippen LogP contribution >= 0.6 is 0 Å². The van der Waals surface area contributed by atoms with Gasteiger partial charge in [-0.1, -0.05) is 49.4 Å². The molecule has 1 atom stereocenters. The topological polar surface area (TPSA) is 68.1 Å². The number of methoxy groups -OCH3 is 1. The number of H-pyrrole nitrogens is 1. The maximum atomic E-state index is 12.6. The molecule has 4 nitrogen and oxygen atoms in total. The van der Waals surface area contributed by atoms with Gasteiger partial charge in [0.15, 0.2) is 0 Å². The fraction of sp³-hybridized carbons (Fsp3) is 0.208. The fourth-order valence-corrected chi connectivity index (χ4v) is 3.86. The minimum absolute atomic E-state index is 0.0746. The second-order valence-electron chi connectivity index (χ2n) is 7.28. The van der Waals surface area contributed by atoms with Gasteiger partial charge in [-0.2, -0.15) is 0 Å². The summed E-state index contributed by atoms with van der Waals surface area (Å²) in [6.07, 6.45) is 0. The Balaban J connectivity index is 2.11. The van der Waals surface area contributed by atoms with Gasteiger partial charge in [-0.05, 0) is 53.6 Å². The number of hydrogen-bond acceptors (Lipinski definition) is 3. The van der Waals surface area contributed by atoms with Crippen molar-refractivity contribution in [2.75, 3.05) is 13.7 Å². The van der Waals surface area contributed by atoms with Crippen LogP contribution in [0.3, 0.4) is 0 Å². The second kappa shape index (κ2) is 7.13. The number of ether oxygens (including phenoxy) is 1. The first-order valence-corrected chi connectivity index (χ1v) is 9.48. The molecule has 0 radical (unpaired) electrons. The van der Waals surface area contributed by atoms with E-state index in [0.29, 0.717) is 17.8 Å². The Kier molecular flexibility index (Phi) is 4.65. The highest BCUT2D eigenvalue weighted by Gasteiger charge is 2.17. The molecule has 0 bridgehead atoms. The molecule has 3 N–H and O–H groups in total. The van der Waals surface area contributed by atoms with E-state index in [2.05, 4.69) is 36.2 Å². The summed E-state index contributed by atoms with van der Waals surface area (Å²) in [6, 6.07) is 18.1. The zero-order chi connectivity index (χ0) is 19.8. The van der Waals surface area contributed by atoms with Crippen LogP contribution in [0, 0.1) is 6.92 Å². The van der Waals surface area contributed by atoms with Crippen LogP contribution in [0.4, 0.5) is 0 Å². The van der Waals surface area contributed by atoms with Crippen LogP contribution in [0.1, 0.15) is 24.0 Å². The SMILES string of the molecule is COc1cc(C)c2[nH]c(=O)c3ccccc3c2c1-c1ccc([C@@H](C)CN)cc1. The van der Waals surface area contributed by atoms with Gasteiger partial charge in [-0.15, -0.1) is 0 Å². The van der Waals surface area contributed by atoms with Gasteiger partial charge in [-0.3, -0.25) is 4.79 Å².